The van der Waals surface area contributed by atoms with Crippen LogP contribution in [0.15, 0.2) is 77.7 Å². The van der Waals surface area contributed by atoms with Crippen molar-refractivity contribution >= 4 is 40.6 Å². The maximum atomic E-state index is 12.9. The first-order chi connectivity index (χ1) is 16.0. The van der Waals surface area contributed by atoms with E-state index in [0.29, 0.717) is 34.6 Å². The van der Waals surface area contributed by atoms with Gasteiger partial charge in [0.25, 0.3) is 11.1 Å². The lowest BCUT2D eigenvalue weighted by atomic mass is 10.1. The highest BCUT2D eigenvalue weighted by Crippen LogP contribution is 2.35. The van der Waals surface area contributed by atoms with Crippen LogP contribution >= 0.6 is 23.4 Å². The Balaban J connectivity index is 1.50. The molecule has 2 amide bonds. The number of rotatable bonds is 8. The van der Waals surface area contributed by atoms with Crippen molar-refractivity contribution in [2.24, 2.45) is 0 Å². The number of carbonyl (C=O) groups is 2. The number of benzene rings is 3. The van der Waals surface area contributed by atoms with Crippen molar-refractivity contribution in [3.8, 4) is 11.5 Å². The van der Waals surface area contributed by atoms with Crippen molar-refractivity contribution < 1.29 is 19.1 Å². The molecule has 1 saturated heterocycles. The van der Waals surface area contributed by atoms with E-state index >= 15 is 0 Å². The summed E-state index contributed by atoms with van der Waals surface area (Å²) in [5, 5.41) is 0.308. The average Bonchev–Trinajstić information content (AvgIpc) is 3.08. The molecular weight excluding hydrogens is 458 g/mol. The van der Waals surface area contributed by atoms with Crippen molar-refractivity contribution in [1.29, 1.82) is 0 Å². The van der Waals surface area contributed by atoms with Crippen LogP contribution in [0.1, 0.15) is 23.6 Å². The molecule has 0 atom stereocenters. The van der Waals surface area contributed by atoms with E-state index in [4.69, 9.17) is 21.1 Å². The average molecular weight is 480 g/mol. The highest BCUT2D eigenvalue weighted by atomic mass is 35.5. The Morgan fingerprint density at radius 1 is 0.909 bits per heavy atom. The van der Waals surface area contributed by atoms with Crippen LogP contribution in [0.5, 0.6) is 11.5 Å². The third kappa shape index (κ3) is 5.78. The molecule has 1 aliphatic rings. The molecule has 7 heteroatoms. The first-order valence-corrected chi connectivity index (χ1v) is 11.7. The summed E-state index contributed by atoms with van der Waals surface area (Å²) in [5.74, 6) is 0.888. The molecule has 3 aromatic rings. The first kappa shape index (κ1) is 23.0. The van der Waals surface area contributed by atoms with Gasteiger partial charge in [0.15, 0.2) is 11.5 Å². The lowest BCUT2D eigenvalue weighted by Crippen LogP contribution is -2.27. The Bertz CT molecular complexity index is 1180. The molecule has 168 valence electrons. The van der Waals surface area contributed by atoms with Gasteiger partial charge in [0.2, 0.25) is 0 Å². The number of imide groups is 1. The van der Waals surface area contributed by atoms with E-state index in [0.717, 1.165) is 28.5 Å². The maximum absolute atomic E-state index is 12.9. The highest BCUT2D eigenvalue weighted by Gasteiger charge is 2.35. The Kier molecular flexibility index (Phi) is 7.37. The van der Waals surface area contributed by atoms with Crippen LogP contribution in [0.4, 0.5) is 4.79 Å². The van der Waals surface area contributed by atoms with Gasteiger partial charge >= 0.3 is 0 Å². The van der Waals surface area contributed by atoms with Gasteiger partial charge < -0.3 is 9.47 Å². The van der Waals surface area contributed by atoms with Crippen molar-refractivity contribution in [2.75, 3.05) is 6.61 Å². The smallest absolute Gasteiger partial charge is 0.293 e. The number of hydrogen-bond donors (Lipinski definition) is 0. The van der Waals surface area contributed by atoms with E-state index in [-0.39, 0.29) is 17.7 Å². The second kappa shape index (κ2) is 10.6. The van der Waals surface area contributed by atoms with E-state index in [1.807, 2.05) is 55.5 Å². The fourth-order valence-corrected chi connectivity index (χ4v) is 4.26. The predicted octanol–water partition coefficient (Wildman–Crippen LogP) is 6.55. The molecule has 33 heavy (non-hydrogen) atoms. The predicted molar refractivity (Wildman–Crippen MR) is 131 cm³/mol. The molecule has 1 fully saturated rings. The summed E-state index contributed by atoms with van der Waals surface area (Å²) in [5.41, 5.74) is 2.64. The molecule has 3 aromatic carbocycles. The summed E-state index contributed by atoms with van der Waals surface area (Å²) in [6.45, 7) is 3.00. The number of hydrogen-bond acceptors (Lipinski definition) is 5. The Morgan fingerprint density at radius 2 is 1.67 bits per heavy atom. The fourth-order valence-electron chi connectivity index (χ4n) is 3.30. The molecule has 4 rings (SSSR count). The molecule has 0 aliphatic carbocycles. The minimum atomic E-state index is -0.317. The number of ether oxygens (including phenoxy) is 2. The molecular formula is C26H22ClNO4S. The topological polar surface area (TPSA) is 55.8 Å². The third-order valence-electron chi connectivity index (χ3n) is 4.93. The molecule has 0 bridgehead atoms. The van der Waals surface area contributed by atoms with Crippen molar-refractivity contribution in [1.82, 2.24) is 4.90 Å². The van der Waals surface area contributed by atoms with Gasteiger partial charge in [-0.1, -0.05) is 60.1 Å². The summed E-state index contributed by atoms with van der Waals surface area (Å²) < 4.78 is 11.7. The normalized spacial score (nSPS) is 14.7. The van der Waals surface area contributed by atoms with Crippen LogP contribution in [0.25, 0.3) is 6.08 Å². The van der Waals surface area contributed by atoms with E-state index < -0.39 is 0 Å². The largest absolute Gasteiger partial charge is 0.490 e. The van der Waals surface area contributed by atoms with Crippen LogP contribution in [0, 0.1) is 0 Å². The minimum Gasteiger partial charge on any atom is -0.490 e. The number of nitrogens with zero attached hydrogens (tertiary/aromatic N) is 1. The Morgan fingerprint density at radius 3 is 2.39 bits per heavy atom. The highest BCUT2D eigenvalue weighted by molar-refractivity contribution is 8.18. The molecule has 0 spiro atoms. The summed E-state index contributed by atoms with van der Waals surface area (Å²) >= 11 is 6.85. The second-order valence-electron chi connectivity index (χ2n) is 7.31. The molecule has 0 saturated carbocycles. The Hall–Kier alpha value is -3.22. The first-order valence-electron chi connectivity index (χ1n) is 10.5. The van der Waals surface area contributed by atoms with Gasteiger partial charge in [0.05, 0.1) is 18.1 Å². The van der Waals surface area contributed by atoms with Crippen molar-refractivity contribution in [2.45, 2.75) is 20.1 Å². The van der Waals surface area contributed by atoms with Gasteiger partial charge in [-0.15, -0.1) is 0 Å². The van der Waals surface area contributed by atoms with Gasteiger partial charge in [-0.3, -0.25) is 14.5 Å². The molecule has 0 radical (unpaired) electrons. The van der Waals surface area contributed by atoms with E-state index in [1.54, 1.807) is 30.3 Å². The standard InChI is InChI=1S/C26H22ClNO4S/c1-2-31-23-14-20(10-13-22(23)32-17-19-6-4-3-5-7-19)15-24-25(29)28(26(30)33-24)16-18-8-11-21(27)12-9-18/h3-15H,2,16-17H2,1H3. The van der Waals surface area contributed by atoms with Crippen molar-refractivity contribution in [3.05, 3.63) is 99.4 Å². The van der Waals surface area contributed by atoms with Crippen LogP contribution in [-0.2, 0) is 17.9 Å². The van der Waals surface area contributed by atoms with E-state index in [2.05, 4.69) is 0 Å². The van der Waals surface area contributed by atoms with Crippen LogP contribution < -0.4 is 9.47 Å². The fraction of sp³-hybridized carbons (Fsp3) is 0.154. The van der Waals surface area contributed by atoms with Gasteiger partial charge in [0, 0.05) is 5.02 Å². The summed E-state index contributed by atoms with van der Waals surface area (Å²) in [6.07, 6.45) is 1.70. The van der Waals surface area contributed by atoms with Crippen LogP contribution in [-0.4, -0.2) is 22.7 Å². The lowest BCUT2D eigenvalue weighted by molar-refractivity contribution is -0.123. The number of carbonyl (C=O) groups excluding carboxylic acids is 2. The minimum absolute atomic E-state index is 0.204. The van der Waals surface area contributed by atoms with E-state index in [1.165, 1.54) is 4.90 Å². The van der Waals surface area contributed by atoms with Crippen LogP contribution in [0.3, 0.4) is 0 Å². The quantitative estimate of drug-likeness (QED) is 0.343. The summed E-state index contributed by atoms with van der Waals surface area (Å²) in [4.78, 5) is 26.9. The summed E-state index contributed by atoms with van der Waals surface area (Å²) in [6, 6.07) is 22.4. The molecule has 0 N–H and O–H groups in total. The monoisotopic (exact) mass is 479 g/mol. The molecule has 5 nitrogen and oxygen atoms in total. The maximum Gasteiger partial charge on any atom is 0.293 e. The van der Waals surface area contributed by atoms with Gasteiger partial charge in [0.1, 0.15) is 6.61 Å². The zero-order valence-corrected chi connectivity index (χ0v) is 19.6. The van der Waals surface area contributed by atoms with Gasteiger partial charge in [-0.05, 0) is 65.7 Å². The summed E-state index contributed by atoms with van der Waals surface area (Å²) in [7, 11) is 0. The second-order valence-corrected chi connectivity index (χ2v) is 8.74. The molecule has 0 aromatic heterocycles. The third-order valence-corrected chi connectivity index (χ3v) is 6.09. The lowest BCUT2D eigenvalue weighted by Gasteiger charge is -2.13. The molecule has 0 unspecified atom stereocenters. The zero-order valence-electron chi connectivity index (χ0n) is 18.0. The molecule has 1 heterocycles. The SMILES string of the molecule is CCOc1cc(C=C2SC(=O)N(Cc3ccc(Cl)cc3)C2=O)ccc1OCc1ccccc1. The van der Waals surface area contributed by atoms with E-state index in [9.17, 15) is 9.59 Å². The van der Waals surface area contributed by atoms with Gasteiger partial charge in [-0.25, -0.2) is 0 Å². The number of amides is 2. The van der Waals surface area contributed by atoms with Crippen LogP contribution in [0.2, 0.25) is 5.02 Å². The zero-order chi connectivity index (χ0) is 23.2. The van der Waals surface area contributed by atoms with Crippen molar-refractivity contribution in [3.63, 3.8) is 0 Å². The van der Waals surface area contributed by atoms with Gasteiger partial charge in [-0.2, -0.15) is 0 Å². The number of halogens is 1. The molecule has 1 aliphatic heterocycles. The Labute approximate surface area is 202 Å². The number of thioether (sulfide) groups is 1.